The van der Waals surface area contributed by atoms with E-state index in [0.29, 0.717) is 28.3 Å². The number of methoxy groups -OCH3 is 1. The van der Waals surface area contributed by atoms with E-state index in [9.17, 15) is 0 Å². The summed E-state index contributed by atoms with van der Waals surface area (Å²) in [6.07, 6.45) is 1.11. The van der Waals surface area contributed by atoms with Crippen LogP contribution in [0.15, 0.2) is 18.2 Å². The van der Waals surface area contributed by atoms with Gasteiger partial charge in [0.1, 0.15) is 11.9 Å². The molecule has 18 heavy (non-hydrogen) atoms. The Morgan fingerprint density at radius 2 is 2.28 bits per heavy atom. The van der Waals surface area contributed by atoms with Gasteiger partial charge >= 0.3 is 0 Å². The van der Waals surface area contributed by atoms with E-state index in [4.69, 9.17) is 32.7 Å². The molecule has 1 aliphatic heterocycles. The maximum absolute atomic E-state index is 6.11. The van der Waals surface area contributed by atoms with Gasteiger partial charge in [0.05, 0.1) is 11.6 Å². The van der Waals surface area contributed by atoms with Gasteiger partial charge in [-0.05, 0) is 31.2 Å². The molecule has 1 N–H and O–H groups in total. The normalized spacial score (nSPS) is 20.9. The molecule has 0 saturated carbocycles. The van der Waals surface area contributed by atoms with Crippen LogP contribution in [0.5, 0.6) is 5.75 Å². The number of ether oxygens (including phenoxy) is 2. The van der Waals surface area contributed by atoms with Crippen LogP contribution in [0, 0.1) is 5.92 Å². The van der Waals surface area contributed by atoms with Crippen LogP contribution in [-0.4, -0.2) is 32.9 Å². The summed E-state index contributed by atoms with van der Waals surface area (Å²) in [5.74, 6) is 1.12. The molecule has 1 aromatic rings. The third-order valence-electron chi connectivity index (χ3n) is 3.13. The molecule has 1 aromatic carbocycles. The minimum absolute atomic E-state index is 0.0173. The summed E-state index contributed by atoms with van der Waals surface area (Å²) in [5.41, 5.74) is 0. The van der Waals surface area contributed by atoms with Gasteiger partial charge in [0, 0.05) is 24.6 Å². The smallest absolute Gasteiger partial charge is 0.138 e. The van der Waals surface area contributed by atoms with Crippen molar-refractivity contribution in [2.45, 2.75) is 12.5 Å². The van der Waals surface area contributed by atoms with Gasteiger partial charge in [-0.25, -0.2) is 0 Å². The van der Waals surface area contributed by atoms with Crippen LogP contribution in [-0.2, 0) is 4.74 Å². The van der Waals surface area contributed by atoms with Gasteiger partial charge in [-0.1, -0.05) is 23.2 Å². The van der Waals surface area contributed by atoms with Crippen molar-refractivity contribution in [1.82, 2.24) is 5.32 Å². The third kappa shape index (κ3) is 3.51. The van der Waals surface area contributed by atoms with Crippen molar-refractivity contribution >= 4 is 23.2 Å². The molecule has 2 atom stereocenters. The minimum Gasteiger partial charge on any atom is -0.486 e. The summed E-state index contributed by atoms with van der Waals surface area (Å²) in [6, 6.07) is 5.27. The Bertz CT molecular complexity index is 395. The lowest BCUT2D eigenvalue weighted by atomic mass is 10.0. The van der Waals surface area contributed by atoms with Crippen molar-refractivity contribution in [1.29, 1.82) is 0 Å². The van der Waals surface area contributed by atoms with Crippen molar-refractivity contribution < 1.29 is 9.47 Å². The predicted molar refractivity (Wildman–Crippen MR) is 73.7 cm³/mol. The first-order valence-electron chi connectivity index (χ1n) is 6.02. The van der Waals surface area contributed by atoms with Gasteiger partial charge in [0.2, 0.25) is 0 Å². The van der Waals surface area contributed by atoms with Crippen LogP contribution in [0.2, 0.25) is 10.0 Å². The van der Waals surface area contributed by atoms with Gasteiger partial charge < -0.3 is 14.8 Å². The standard InChI is InChI=1S/C13H17Cl2NO2/c1-17-8-13(9-4-5-16-7-9)18-12-3-2-10(14)6-11(12)15/h2-3,6,9,13,16H,4-5,7-8H2,1H3/t9?,13-/m0/s1. The monoisotopic (exact) mass is 289 g/mol. The largest absolute Gasteiger partial charge is 0.486 e. The zero-order chi connectivity index (χ0) is 13.0. The van der Waals surface area contributed by atoms with Gasteiger partial charge in [-0.3, -0.25) is 0 Å². The highest BCUT2D eigenvalue weighted by Gasteiger charge is 2.27. The first kappa shape index (κ1) is 13.9. The SMILES string of the molecule is COC[C@H](Oc1ccc(Cl)cc1Cl)C1CCNC1. The number of halogens is 2. The van der Waals surface area contributed by atoms with Crippen LogP contribution >= 0.6 is 23.2 Å². The van der Waals surface area contributed by atoms with Crippen molar-refractivity contribution in [2.75, 3.05) is 26.8 Å². The number of hydrogen-bond donors (Lipinski definition) is 1. The van der Waals surface area contributed by atoms with E-state index in [1.807, 2.05) is 0 Å². The number of hydrogen-bond acceptors (Lipinski definition) is 3. The molecule has 0 bridgehead atoms. The number of nitrogens with one attached hydrogen (secondary N) is 1. The summed E-state index contributed by atoms with van der Waals surface area (Å²) >= 11 is 12.0. The molecule has 0 radical (unpaired) electrons. The molecule has 2 rings (SSSR count). The predicted octanol–water partition coefficient (Wildman–Crippen LogP) is 3.00. The summed E-state index contributed by atoms with van der Waals surface area (Å²) in [6.45, 7) is 2.55. The van der Waals surface area contributed by atoms with E-state index >= 15 is 0 Å². The van der Waals surface area contributed by atoms with Crippen molar-refractivity contribution in [3.05, 3.63) is 28.2 Å². The van der Waals surface area contributed by atoms with E-state index in [1.54, 1.807) is 25.3 Å². The Hall–Kier alpha value is -0.480. The zero-order valence-corrected chi connectivity index (χ0v) is 11.8. The molecule has 1 heterocycles. The highest BCUT2D eigenvalue weighted by molar-refractivity contribution is 6.35. The Morgan fingerprint density at radius 3 is 2.89 bits per heavy atom. The first-order valence-corrected chi connectivity index (χ1v) is 6.77. The summed E-state index contributed by atoms with van der Waals surface area (Å²) in [4.78, 5) is 0. The fourth-order valence-corrected chi connectivity index (χ4v) is 2.61. The molecule has 1 fully saturated rings. The highest BCUT2D eigenvalue weighted by Crippen LogP contribution is 2.30. The van der Waals surface area contributed by atoms with Crippen LogP contribution in [0.1, 0.15) is 6.42 Å². The van der Waals surface area contributed by atoms with Crippen LogP contribution in [0.4, 0.5) is 0 Å². The van der Waals surface area contributed by atoms with Gasteiger partial charge in [0.15, 0.2) is 0 Å². The summed E-state index contributed by atoms with van der Waals surface area (Å²) in [5, 5.41) is 4.48. The molecular weight excluding hydrogens is 273 g/mol. The van der Waals surface area contributed by atoms with E-state index < -0.39 is 0 Å². The highest BCUT2D eigenvalue weighted by atomic mass is 35.5. The minimum atomic E-state index is 0.0173. The van der Waals surface area contributed by atoms with Crippen LogP contribution in [0.25, 0.3) is 0 Å². The first-order chi connectivity index (χ1) is 8.70. The lowest BCUT2D eigenvalue weighted by molar-refractivity contribution is 0.0483. The van der Waals surface area contributed by atoms with Crippen LogP contribution in [0.3, 0.4) is 0 Å². The second-order valence-electron chi connectivity index (χ2n) is 4.44. The van der Waals surface area contributed by atoms with Crippen molar-refractivity contribution in [3.63, 3.8) is 0 Å². The van der Waals surface area contributed by atoms with Gasteiger partial charge in [-0.2, -0.15) is 0 Å². The molecule has 0 aliphatic carbocycles. The average molecular weight is 290 g/mol. The third-order valence-corrected chi connectivity index (χ3v) is 3.66. The van der Waals surface area contributed by atoms with Gasteiger partial charge in [-0.15, -0.1) is 0 Å². The average Bonchev–Trinajstić information content (AvgIpc) is 2.85. The molecular formula is C13H17Cl2NO2. The second-order valence-corrected chi connectivity index (χ2v) is 5.28. The fraction of sp³-hybridized carbons (Fsp3) is 0.538. The fourth-order valence-electron chi connectivity index (χ4n) is 2.16. The lowest BCUT2D eigenvalue weighted by Gasteiger charge is -2.24. The molecule has 5 heteroatoms. The van der Waals surface area contributed by atoms with Crippen molar-refractivity contribution in [2.24, 2.45) is 5.92 Å². The Labute approximate surface area is 117 Å². The topological polar surface area (TPSA) is 30.5 Å². The molecule has 100 valence electrons. The Morgan fingerprint density at radius 1 is 1.44 bits per heavy atom. The quantitative estimate of drug-likeness (QED) is 0.904. The van der Waals surface area contributed by atoms with E-state index in [1.165, 1.54) is 0 Å². The van der Waals surface area contributed by atoms with E-state index in [0.717, 1.165) is 19.5 Å². The van der Waals surface area contributed by atoms with Crippen molar-refractivity contribution in [3.8, 4) is 5.75 Å². The molecule has 1 saturated heterocycles. The Kier molecular flexibility index (Phi) is 5.13. The molecule has 1 unspecified atom stereocenters. The molecule has 0 aromatic heterocycles. The van der Waals surface area contributed by atoms with Crippen LogP contribution < -0.4 is 10.1 Å². The molecule has 1 aliphatic rings. The summed E-state index contributed by atoms with van der Waals surface area (Å²) in [7, 11) is 1.68. The second kappa shape index (κ2) is 6.62. The van der Waals surface area contributed by atoms with Gasteiger partial charge in [0.25, 0.3) is 0 Å². The zero-order valence-electron chi connectivity index (χ0n) is 10.3. The number of benzene rings is 1. The number of rotatable bonds is 5. The molecule has 3 nitrogen and oxygen atoms in total. The lowest BCUT2D eigenvalue weighted by Crippen LogP contribution is -2.33. The molecule has 0 amide bonds. The maximum atomic E-state index is 6.11. The summed E-state index contributed by atoms with van der Waals surface area (Å²) < 4.78 is 11.2. The van der Waals surface area contributed by atoms with E-state index in [-0.39, 0.29) is 6.10 Å². The molecule has 0 spiro atoms. The van der Waals surface area contributed by atoms with E-state index in [2.05, 4.69) is 5.32 Å². The maximum Gasteiger partial charge on any atom is 0.138 e. The Balaban J connectivity index is 2.07.